The summed E-state index contributed by atoms with van der Waals surface area (Å²) >= 11 is 0. The Hall–Kier alpha value is -3.72. The summed E-state index contributed by atoms with van der Waals surface area (Å²) < 4.78 is 18.8. The predicted octanol–water partition coefficient (Wildman–Crippen LogP) is 2.49. The maximum absolute atomic E-state index is 5.73. The third-order valence-corrected chi connectivity index (χ3v) is 5.06. The molecular weight excluding hydrogens is 408 g/mol. The number of nitrogens with zero attached hydrogens (tertiary/aromatic N) is 6. The van der Waals surface area contributed by atoms with Gasteiger partial charge in [0.1, 0.15) is 19.8 Å². The third-order valence-electron chi connectivity index (χ3n) is 5.06. The molecule has 32 heavy (non-hydrogen) atoms. The van der Waals surface area contributed by atoms with Gasteiger partial charge in [-0.1, -0.05) is 6.07 Å². The molecule has 0 aliphatic carbocycles. The first-order chi connectivity index (χ1) is 15.7. The van der Waals surface area contributed by atoms with Gasteiger partial charge in [-0.15, -0.1) is 0 Å². The summed E-state index contributed by atoms with van der Waals surface area (Å²) in [6, 6.07) is 12.2. The fourth-order valence-corrected chi connectivity index (χ4v) is 3.46. The topological polar surface area (TPSA) is 86.9 Å². The standard InChI is InChI=1S/C23H24N6O3/c1-28(2)8-9-32-23-24-14-16(15-25-23)12-21-26-22-5-3-4-18(29(22)27-21)17-6-7-19-20(13-17)31-11-10-30-19/h3-7,13-15H,8-12H2,1-2H3. The third kappa shape index (κ3) is 4.33. The highest BCUT2D eigenvalue weighted by molar-refractivity contribution is 5.66. The zero-order valence-corrected chi connectivity index (χ0v) is 18.1. The molecule has 3 aromatic heterocycles. The zero-order valence-electron chi connectivity index (χ0n) is 18.1. The molecule has 5 rings (SSSR count). The summed E-state index contributed by atoms with van der Waals surface area (Å²) in [5, 5.41) is 4.73. The van der Waals surface area contributed by atoms with Crippen LogP contribution in [-0.2, 0) is 6.42 Å². The van der Waals surface area contributed by atoms with Gasteiger partial charge in [-0.3, -0.25) is 0 Å². The molecule has 0 fully saturated rings. The number of ether oxygens (including phenoxy) is 3. The van der Waals surface area contributed by atoms with E-state index < -0.39 is 0 Å². The highest BCUT2D eigenvalue weighted by Gasteiger charge is 2.15. The molecule has 4 heterocycles. The van der Waals surface area contributed by atoms with Crippen LogP contribution in [0.15, 0.2) is 48.8 Å². The van der Waals surface area contributed by atoms with Gasteiger partial charge in [-0.05, 0) is 50.0 Å². The minimum atomic E-state index is 0.374. The molecule has 1 aromatic carbocycles. The lowest BCUT2D eigenvalue weighted by Crippen LogP contribution is -2.20. The highest BCUT2D eigenvalue weighted by atomic mass is 16.6. The summed E-state index contributed by atoms with van der Waals surface area (Å²) in [6.07, 6.45) is 4.04. The monoisotopic (exact) mass is 432 g/mol. The fraction of sp³-hybridized carbons (Fsp3) is 0.304. The summed E-state index contributed by atoms with van der Waals surface area (Å²) in [6.45, 7) is 2.47. The molecule has 0 bridgehead atoms. The van der Waals surface area contributed by atoms with Gasteiger partial charge in [0.25, 0.3) is 0 Å². The number of hydrogen-bond donors (Lipinski definition) is 0. The summed E-state index contributed by atoms with van der Waals surface area (Å²) in [4.78, 5) is 15.3. The maximum atomic E-state index is 5.73. The van der Waals surface area contributed by atoms with Crippen LogP contribution in [0.3, 0.4) is 0 Å². The first-order valence-electron chi connectivity index (χ1n) is 10.5. The van der Waals surface area contributed by atoms with Crippen molar-refractivity contribution in [1.82, 2.24) is 29.5 Å². The van der Waals surface area contributed by atoms with Crippen LogP contribution in [0, 0.1) is 0 Å². The lowest BCUT2D eigenvalue weighted by molar-refractivity contribution is 0.171. The van der Waals surface area contributed by atoms with Gasteiger partial charge in [-0.2, -0.15) is 5.10 Å². The van der Waals surface area contributed by atoms with E-state index in [1.54, 1.807) is 12.4 Å². The first-order valence-corrected chi connectivity index (χ1v) is 10.5. The molecule has 9 heteroatoms. The highest BCUT2D eigenvalue weighted by Crippen LogP contribution is 2.34. The molecule has 0 radical (unpaired) electrons. The van der Waals surface area contributed by atoms with Crippen molar-refractivity contribution in [3.63, 3.8) is 0 Å². The second-order valence-corrected chi connectivity index (χ2v) is 7.77. The lowest BCUT2D eigenvalue weighted by atomic mass is 10.1. The van der Waals surface area contributed by atoms with Gasteiger partial charge in [-0.25, -0.2) is 19.5 Å². The molecule has 0 amide bonds. The van der Waals surface area contributed by atoms with Gasteiger partial charge < -0.3 is 19.1 Å². The van der Waals surface area contributed by atoms with E-state index in [9.17, 15) is 0 Å². The Balaban J connectivity index is 1.35. The van der Waals surface area contributed by atoms with Crippen molar-refractivity contribution in [3.05, 3.63) is 60.2 Å². The Morgan fingerprint density at radius 3 is 2.66 bits per heavy atom. The number of likely N-dealkylation sites (N-methyl/N-ethyl adjacent to an activating group) is 1. The average Bonchev–Trinajstić information content (AvgIpc) is 3.22. The first kappa shape index (κ1) is 20.2. The van der Waals surface area contributed by atoms with E-state index in [2.05, 4.69) is 15.0 Å². The van der Waals surface area contributed by atoms with Crippen LogP contribution in [0.4, 0.5) is 0 Å². The number of fused-ring (bicyclic) bond motifs is 2. The SMILES string of the molecule is CN(C)CCOc1ncc(Cc2nc3cccc(-c4ccc5c(c4)OCCO5)n3n2)cn1. The summed E-state index contributed by atoms with van der Waals surface area (Å²) in [7, 11) is 3.99. The number of aromatic nitrogens is 5. The molecule has 0 N–H and O–H groups in total. The molecule has 1 aliphatic heterocycles. The number of rotatable bonds is 7. The van der Waals surface area contributed by atoms with E-state index in [0.717, 1.165) is 40.5 Å². The lowest BCUT2D eigenvalue weighted by Gasteiger charge is -2.19. The summed E-state index contributed by atoms with van der Waals surface area (Å²) in [5.74, 6) is 2.21. The minimum Gasteiger partial charge on any atom is -0.486 e. The van der Waals surface area contributed by atoms with E-state index in [1.165, 1.54) is 0 Å². The van der Waals surface area contributed by atoms with Crippen molar-refractivity contribution >= 4 is 5.65 Å². The van der Waals surface area contributed by atoms with E-state index in [0.29, 0.717) is 38.1 Å². The zero-order chi connectivity index (χ0) is 21.9. The second-order valence-electron chi connectivity index (χ2n) is 7.77. The maximum Gasteiger partial charge on any atom is 0.316 e. The van der Waals surface area contributed by atoms with Crippen molar-refractivity contribution in [2.45, 2.75) is 6.42 Å². The molecule has 4 aromatic rings. The van der Waals surface area contributed by atoms with Crippen molar-refractivity contribution in [3.8, 4) is 28.8 Å². The Morgan fingerprint density at radius 2 is 1.84 bits per heavy atom. The fourth-order valence-electron chi connectivity index (χ4n) is 3.46. The molecule has 0 unspecified atom stereocenters. The Labute approximate surface area is 185 Å². The van der Waals surface area contributed by atoms with Gasteiger partial charge >= 0.3 is 6.01 Å². The van der Waals surface area contributed by atoms with Gasteiger partial charge in [0, 0.05) is 30.9 Å². The molecular formula is C23H24N6O3. The summed E-state index contributed by atoms with van der Waals surface area (Å²) in [5.41, 5.74) is 3.61. The van der Waals surface area contributed by atoms with Gasteiger partial charge in [0.15, 0.2) is 23.0 Å². The molecule has 1 aliphatic rings. The van der Waals surface area contributed by atoms with Crippen LogP contribution in [-0.4, -0.2) is 69.9 Å². The normalized spacial score (nSPS) is 13.0. The van der Waals surface area contributed by atoms with Crippen LogP contribution in [0.5, 0.6) is 17.5 Å². The number of hydrogen-bond acceptors (Lipinski definition) is 8. The molecule has 0 saturated carbocycles. The Kier molecular flexibility index (Phi) is 5.55. The average molecular weight is 432 g/mol. The van der Waals surface area contributed by atoms with Crippen molar-refractivity contribution in [2.75, 3.05) is 40.5 Å². The van der Waals surface area contributed by atoms with E-state index in [4.69, 9.17) is 19.3 Å². The largest absolute Gasteiger partial charge is 0.486 e. The quantitative estimate of drug-likeness (QED) is 0.440. The van der Waals surface area contributed by atoms with E-state index >= 15 is 0 Å². The van der Waals surface area contributed by atoms with Gasteiger partial charge in [0.05, 0.1) is 5.69 Å². The molecule has 0 saturated heterocycles. The van der Waals surface area contributed by atoms with E-state index in [-0.39, 0.29) is 0 Å². The van der Waals surface area contributed by atoms with Gasteiger partial charge in [0.2, 0.25) is 0 Å². The van der Waals surface area contributed by atoms with Crippen LogP contribution in [0.25, 0.3) is 16.9 Å². The molecule has 0 spiro atoms. The minimum absolute atomic E-state index is 0.374. The predicted molar refractivity (Wildman–Crippen MR) is 118 cm³/mol. The van der Waals surface area contributed by atoms with Crippen LogP contribution in [0.2, 0.25) is 0 Å². The van der Waals surface area contributed by atoms with Crippen molar-refractivity contribution in [1.29, 1.82) is 0 Å². The van der Waals surface area contributed by atoms with Crippen LogP contribution in [0.1, 0.15) is 11.4 Å². The smallest absolute Gasteiger partial charge is 0.316 e. The Bertz CT molecular complexity index is 1220. The molecule has 0 atom stereocenters. The Morgan fingerprint density at radius 1 is 1.03 bits per heavy atom. The van der Waals surface area contributed by atoms with Crippen LogP contribution < -0.4 is 14.2 Å². The second kappa shape index (κ2) is 8.80. The van der Waals surface area contributed by atoms with Crippen molar-refractivity contribution in [2.24, 2.45) is 0 Å². The molecule has 9 nitrogen and oxygen atoms in total. The number of pyridine rings is 1. The van der Waals surface area contributed by atoms with Crippen LogP contribution >= 0.6 is 0 Å². The van der Waals surface area contributed by atoms with E-state index in [1.807, 2.05) is 59.9 Å². The molecule has 164 valence electrons. The number of benzene rings is 1. The van der Waals surface area contributed by atoms with Crippen molar-refractivity contribution < 1.29 is 14.2 Å².